The quantitative estimate of drug-likeness (QED) is 0.763. The number of rotatable bonds is 2. The van der Waals surface area contributed by atoms with Gasteiger partial charge in [0.25, 0.3) is 0 Å². The Bertz CT molecular complexity index is 363. The maximum atomic E-state index is 12.6. The van der Waals surface area contributed by atoms with Crippen molar-refractivity contribution >= 4 is 11.8 Å². The van der Waals surface area contributed by atoms with Crippen molar-refractivity contribution in [3.05, 3.63) is 0 Å². The summed E-state index contributed by atoms with van der Waals surface area (Å²) < 4.78 is 0. The number of piperidine rings is 1. The van der Waals surface area contributed by atoms with Crippen LogP contribution in [0.5, 0.6) is 0 Å². The van der Waals surface area contributed by atoms with E-state index in [9.17, 15) is 9.59 Å². The predicted molar refractivity (Wildman–Crippen MR) is 72.5 cm³/mol. The van der Waals surface area contributed by atoms with Gasteiger partial charge in [-0.25, -0.2) is 0 Å². The van der Waals surface area contributed by atoms with E-state index in [1.165, 1.54) is 25.7 Å². The molecule has 1 unspecified atom stereocenters. The molecule has 3 fully saturated rings. The molecule has 1 atom stereocenters. The summed E-state index contributed by atoms with van der Waals surface area (Å²) in [5.41, 5.74) is 0. The minimum Gasteiger partial charge on any atom is -0.340 e. The zero-order valence-electron chi connectivity index (χ0n) is 11.6. The van der Waals surface area contributed by atoms with Gasteiger partial charge in [-0.2, -0.15) is 0 Å². The topological polar surface area (TPSA) is 40.6 Å². The zero-order chi connectivity index (χ0) is 13.2. The van der Waals surface area contributed by atoms with Crippen molar-refractivity contribution in [3.8, 4) is 0 Å². The van der Waals surface area contributed by atoms with E-state index in [1.807, 2.05) is 9.80 Å². The van der Waals surface area contributed by atoms with Crippen LogP contribution in [-0.2, 0) is 9.59 Å². The summed E-state index contributed by atoms with van der Waals surface area (Å²) in [7, 11) is 0. The first-order valence-electron chi connectivity index (χ1n) is 7.84. The van der Waals surface area contributed by atoms with Crippen molar-refractivity contribution in [2.24, 2.45) is 5.92 Å². The van der Waals surface area contributed by atoms with Crippen molar-refractivity contribution in [1.82, 2.24) is 9.80 Å². The second-order valence-electron chi connectivity index (χ2n) is 6.28. The second kappa shape index (κ2) is 5.51. The number of fused-ring (bicyclic) bond motifs is 1. The highest BCUT2D eigenvalue weighted by atomic mass is 16.2. The van der Waals surface area contributed by atoms with Gasteiger partial charge in [0.05, 0.1) is 0 Å². The minimum absolute atomic E-state index is 0.148. The van der Waals surface area contributed by atoms with Crippen LogP contribution in [-0.4, -0.2) is 47.3 Å². The number of amides is 2. The number of carbonyl (C=O) groups excluding carboxylic acids is 2. The fourth-order valence-electron chi connectivity index (χ4n) is 3.87. The standard InChI is InChI=1S/C15H24N2O2/c18-14-8-10-16(11-12-5-1-2-6-12)15(19)13-7-3-4-9-17(13)14/h12-13H,1-11H2. The van der Waals surface area contributed by atoms with E-state index < -0.39 is 0 Å². The van der Waals surface area contributed by atoms with Gasteiger partial charge >= 0.3 is 0 Å². The number of hydrogen-bond donors (Lipinski definition) is 0. The molecule has 0 N–H and O–H groups in total. The molecule has 0 aromatic rings. The van der Waals surface area contributed by atoms with Gasteiger partial charge in [0, 0.05) is 26.1 Å². The third kappa shape index (κ3) is 2.63. The van der Waals surface area contributed by atoms with Crippen LogP contribution in [0.4, 0.5) is 0 Å². The molecule has 0 aromatic carbocycles. The van der Waals surface area contributed by atoms with E-state index in [0.29, 0.717) is 18.9 Å². The Hall–Kier alpha value is -1.06. The summed E-state index contributed by atoms with van der Waals surface area (Å²) in [6.45, 7) is 2.31. The number of hydrogen-bond acceptors (Lipinski definition) is 2. The second-order valence-corrected chi connectivity index (χ2v) is 6.28. The first-order chi connectivity index (χ1) is 9.25. The molecule has 2 saturated heterocycles. The molecule has 1 saturated carbocycles. The van der Waals surface area contributed by atoms with Crippen LogP contribution in [0.25, 0.3) is 0 Å². The third-order valence-corrected chi connectivity index (χ3v) is 4.97. The first kappa shape index (κ1) is 12.9. The molecule has 2 aliphatic heterocycles. The van der Waals surface area contributed by atoms with Gasteiger partial charge in [-0.05, 0) is 38.0 Å². The van der Waals surface area contributed by atoms with E-state index in [1.54, 1.807) is 0 Å². The van der Waals surface area contributed by atoms with Crippen LogP contribution in [0.2, 0.25) is 0 Å². The molecule has 2 heterocycles. The molecule has 0 bridgehead atoms. The molecule has 0 spiro atoms. The average molecular weight is 264 g/mol. The van der Waals surface area contributed by atoms with Gasteiger partial charge in [-0.3, -0.25) is 9.59 Å². The summed E-state index contributed by atoms with van der Waals surface area (Å²) >= 11 is 0. The number of carbonyl (C=O) groups is 2. The van der Waals surface area contributed by atoms with Crippen LogP contribution in [0, 0.1) is 5.92 Å². The lowest BCUT2D eigenvalue weighted by molar-refractivity contribution is -0.143. The Kier molecular flexibility index (Phi) is 3.76. The Labute approximate surface area is 115 Å². The van der Waals surface area contributed by atoms with Crippen molar-refractivity contribution in [1.29, 1.82) is 0 Å². The van der Waals surface area contributed by atoms with E-state index in [4.69, 9.17) is 0 Å². The molecule has 1 aliphatic carbocycles. The van der Waals surface area contributed by atoms with Gasteiger partial charge in [-0.15, -0.1) is 0 Å². The van der Waals surface area contributed by atoms with Crippen molar-refractivity contribution in [3.63, 3.8) is 0 Å². The van der Waals surface area contributed by atoms with E-state index in [2.05, 4.69) is 0 Å². The first-order valence-corrected chi connectivity index (χ1v) is 7.84. The molecular weight excluding hydrogens is 240 g/mol. The van der Waals surface area contributed by atoms with Gasteiger partial charge in [0.2, 0.25) is 11.8 Å². The fourth-order valence-corrected chi connectivity index (χ4v) is 3.87. The molecule has 4 heteroatoms. The molecular formula is C15H24N2O2. The van der Waals surface area contributed by atoms with Gasteiger partial charge in [0.1, 0.15) is 6.04 Å². The SMILES string of the molecule is O=C1C2CCCCN2C(=O)CCN1CC1CCCC1. The van der Waals surface area contributed by atoms with E-state index in [0.717, 1.165) is 32.4 Å². The van der Waals surface area contributed by atoms with Crippen LogP contribution < -0.4 is 0 Å². The lowest BCUT2D eigenvalue weighted by atomic mass is 10.0. The van der Waals surface area contributed by atoms with Gasteiger partial charge in [0.15, 0.2) is 0 Å². The van der Waals surface area contributed by atoms with Crippen molar-refractivity contribution in [2.45, 2.75) is 57.4 Å². The maximum absolute atomic E-state index is 12.6. The summed E-state index contributed by atoms with van der Waals surface area (Å²) in [6, 6.07) is -0.148. The Balaban J connectivity index is 1.71. The Morgan fingerprint density at radius 3 is 2.47 bits per heavy atom. The largest absolute Gasteiger partial charge is 0.340 e. The molecule has 2 amide bonds. The molecule has 3 rings (SSSR count). The monoisotopic (exact) mass is 264 g/mol. The van der Waals surface area contributed by atoms with Crippen LogP contribution in [0.3, 0.4) is 0 Å². The van der Waals surface area contributed by atoms with Crippen molar-refractivity contribution < 1.29 is 9.59 Å². The minimum atomic E-state index is -0.148. The fraction of sp³-hybridized carbons (Fsp3) is 0.867. The average Bonchev–Trinajstić information content (AvgIpc) is 2.91. The van der Waals surface area contributed by atoms with E-state index >= 15 is 0 Å². The lowest BCUT2D eigenvalue weighted by Gasteiger charge is -2.34. The van der Waals surface area contributed by atoms with Gasteiger partial charge < -0.3 is 9.80 Å². The predicted octanol–water partition coefficient (Wildman–Crippen LogP) is 1.79. The Morgan fingerprint density at radius 2 is 1.68 bits per heavy atom. The molecule has 106 valence electrons. The highest BCUT2D eigenvalue weighted by Gasteiger charge is 2.38. The molecule has 0 radical (unpaired) electrons. The van der Waals surface area contributed by atoms with Crippen LogP contribution in [0.15, 0.2) is 0 Å². The molecule has 3 aliphatic rings. The van der Waals surface area contributed by atoms with Crippen LogP contribution >= 0.6 is 0 Å². The molecule has 0 aromatic heterocycles. The Morgan fingerprint density at radius 1 is 0.947 bits per heavy atom. The zero-order valence-corrected chi connectivity index (χ0v) is 11.6. The normalized spacial score (nSPS) is 29.6. The van der Waals surface area contributed by atoms with E-state index in [-0.39, 0.29) is 17.9 Å². The molecule has 4 nitrogen and oxygen atoms in total. The van der Waals surface area contributed by atoms with Gasteiger partial charge in [-0.1, -0.05) is 12.8 Å². The summed E-state index contributed by atoms with van der Waals surface area (Å²) in [5.74, 6) is 1.08. The lowest BCUT2D eigenvalue weighted by Crippen LogP contribution is -2.50. The highest BCUT2D eigenvalue weighted by Crippen LogP contribution is 2.28. The van der Waals surface area contributed by atoms with Crippen LogP contribution in [0.1, 0.15) is 51.4 Å². The molecule has 19 heavy (non-hydrogen) atoms. The van der Waals surface area contributed by atoms with Crippen molar-refractivity contribution in [2.75, 3.05) is 19.6 Å². The number of nitrogens with zero attached hydrogens (tertiary/aromatic N) is 2. The summed E-state index contributed by atoms with van der Waals surface area (Å²) in [5, 5.41) is 0. The maximum Gasteiger partial charge on any atom is 0.245 e. The third-order valence-electron chi connectivity index (χ3n) is 4.97. The smallest absolute Gasteiger partial charge is 0.245 e. The highest BCUT2D eigenvalue weighted by molar-refractivity contribution is 5.90. The summed E-state index contributed by atoms with van der Waals surface area (Å²) in [4.78, 5) is 28.6. The summed E-state index contributed by atoms with van der Waals surface area (Å²) in [6.07, 6.45) is 8.65.